The first kappa shape index (κ1) is 16.2. The maximum absolute atomic E-state index is 6.71. The lowest BCUT2D eigenvalue weighted by atomic mass is 9.80. The second-order valence-corrected chi connectivity index (χ2v) is 13.1. The van der Waals surface area contributed by atoms with E-state index in [1.807, 2.05) is 0 Å². The predicted octanol–water partition coefficient (Wildman–Crippen LogP) is 5.75. The summed E-state index contributed by atoms with van der Waals surface area (Å²) in [5.41, 5.74) is 9.43. The standard InChI is InChI=1S/C23H25NOSi/c1-26(2,3)25-20-12-11-17-18-10-9-15-6-4-5-14-7-8-16(22(18)21(14)15)13-19(17)23(20)24/h4-10,13,20,23H,11-12,24H2,1-3H3. The fourth-order valence-electron chi connectivity index (χ4n) is 4.72. The van der Waals surface area contributed by atoms with Crippen LogP contribution in [0.25, 0.3) is 32.3 Å². The summed E-state index contributed by atoms with van der Waals surface area (Å²) in [6.45, 7) is 6.74. The maximum atomic E-state index is 6.71. The smallest absolute Gasteiger partial charge is 0.184 e. The van der Waals surface area contributed by atoms with E-state index < -0.39 is 8.32 Å². The zero-order chi connectivity index (χ0) is 18.1. The summed E-state index contributed by atoms with van der Waals surface area (Å²) in [5.74, 6) is 0. The molecule has 0 amide bonds. The zero-order valence-electron chi connectivity index (χ0n) is 15.7. The van der Waals surface area contributed by atoms with Crippen LogP contribution in [0, 0.1) is 0 Å². The van der Waals surface area contributed by atoms with Crippen LogP contribution in [0.1, 0.15) is 23.6 Å². The molecule has 0 saturated heterocycles. The average molecular weight is 360 g/mol. The van der Waals surface area contributed by atoms with Crippen molar-refractivity contribution in [2.45, 2.75) is 44.6 Å². The van der Waals surface area contributed by atoms with E-state index in [1.165, 1.54) is 43.4 Å². The molecule has 0 aliphatic heterocycles. The summed E-state index contributed by atoms with van der Waals surface area (Å²) >= 11 is 0. The summed E-state index contributed by atoms with van der Waals surface area (Å²) in [6.07, 6.45) is 2.21. The molecule has 0 spiro atoms. The lowest BCUT2D eigenvalue weighted by molar-refractivity contribution is 0.146. The van der Waals surface area contributed by atoms with Gasteiger partial charge in [0.1, 0.15) is 0 Å². The number of aryl methyl sites for hydroxylation is 1. The Hall–Kier alpha value is -1.94. The molecule has 2 nitrogen and oxygen atoms in total. The van der Waals surface area contributed by atoms with E-state index in [0.717, 1.165) is 12.8 Å². The molecule has 2 atom stereocenters. The number of hydrogen-bond donors (Lipinski definition) is 1. The van der Waals surface area contributed by atoms with E-state index in [0.29, 0.717) is 0 Å². The van der Waals surface area contributed by atoms with Crippen molar-refractivity contribution in [3.8, 4) is 0 Å². The van der Waals surface area contributed by atoms with Crippen LogP contribution in [0.3, 0.4) is 0 Å². The van der Waals surface area contributed by atoms with E-state index >= 15 is 0 Å². The van der Waals surface area contributed by atoms with Gasteiger partial charge in [0, 0.05) is 0 Å². The third-order valence-electron chi connectivity index (χ3n) is 5.74. The largest absolute Gasteiger partial charge is 0.413 e. The van der Waals surface area contributed by atoms with Crippen molar-refractivity contribution >= 4 is 40.6 Å². The van der Waals surface area contributed by atoms with Gasteiger partial charge >= 0.3 is 0 Å². The monoisotopic (exact) mass is 359 g/mol. The van der Waals surface area contributed by atoms with Gasteiger partial charge in [-0.25, -0.2) is 0 Å². The van der Waals surface area contributed by atoms with Gasteiger partial charge in [-0.2, -0.15) is 0 Å². The topological polar surface area (TPSA) is 35.2 Å². The highest BCUT2D eigenvalue weighted by Crippen LogP contribution is 2.42. The normalized spacial score (nSPS) is 20.9. The Bertz CT molecular complexity index is 1110. The predicted molar refractivity (Wildman–Crippen MR) is 114 cm³/mol. The highest BCUT2D eigenvalue weighted by Gasteiger charge is 2.32. The second-order valence-electron chi connectivity index (χ2n) is 8.63. The van der Waals surface area contributed by atoms with E-state index in [-0.39, 0.29) is 12.1 Å². The van der Waals surface area contributed by atoms with Crippen molar-refractivity contribution in [2.24, 2.45) is 5.73 Å². The second kappa shape index (κ2) is 5.53. The SMILES string of the molecule is C[Si](C)(C)OC1CCc2c(cc3ccc4cccc5ccc2c3c45)C1N. The molecular formula is C23H25NOSi. The number of benzene rings is 4. The number of nitrogens with two attached hydrogens (primary N) is 1. The van der Waals surface area contributed by atoms with Gasteiger partial charge in [-0.05, 0) is 82.0 Å². The lowest BCUT2D eigenvalue weighted by Gasteiger charge is -2.36. The Balaban J connectivity index is 1.76. The molecule has 0 saturated carbocycles. The van der Waals surface area contributed by atoms with E-state index in [9.17, 15) is 0 Å². The molecule has 5 rings (SSSR count). The molecule has 4 aromatic rings. The zero-order valence-corrected chi connectivity index (χ0v) is 16.7. The lowest BCUT2D eigenvalue weighted by Crippen LogP contribution is -2.41. The third kappa shape index (κ3) is 2.38. The fraction of sp³-hybridized carbons (Fsp3) is 0.304. The molecular weight excluding hydrogens is 334 g/mol. The van der Waals surface area contributed by atoms with E-state index in [2.05, 4.69) is 68.2 Å². The molecule has 0 aromatic heterocycles. The van der Waals surface area contributed by atoms with Crippen molar-refractivity contribution in [3.63, 3.8) is 0 Å². The first-order valence-electron chi connectivity index (χ1n) is 9.55. The Labute approximate surface area is 155 Å². The van der Waals surface area contributed by atoms with Crippen molar-refractivity contribution < 1.29 is 4.43 Å². The van der Waals surface area contributed by atoms with Crippen LogP contribution in [0.2, 0.25) is 19.6 Å². The van der Waals surface area contributed by atoms with Crippen molar-refractivity contribution in [2.75, 3.05) is 0 Å². The Kier molecular flexibility index (Phi) is 3.45. The molecule has 2 unspecified atom stereocenters. The van der Waals surface area contributed by atoms with Crippen LogP contribution in [-0.4, -0.2) is 14.4 Å². The molecule has 0 fully saturated rings. The number of rotatable bonds is 2. The minimum absolute atomic E-state index is 0.0348. The van der Waals surface area contributed by atoms with E-state index in [4.69, 9.17) is 10.2 Å². The van der Waals surface area contributed by atoms with Gasteiger partial charge in [-0.15, -0.1) is 0 Å². The van der Waals surface area contributed by atoms with Crippen LogP contribution in [0.4, 0.5) is 0 Å². The number of fused-ring (bicyclic) bond motifs is 2. The van der Waals surface area contributed by atoms with Crippen molar-refractivity contribution in [1.29, 1.82) is 0 Å². The minimum Gasteiger partial charge on any atom is -0.413 e. The molecule has 0 bridgehead atoms. The van der Waals surface area contributed by atoms with Gasteiger partial charge < -0.3 is 10.2 Å². The van der Waals surface area contributed by atoms with Gasteiger partial charge in [0.25, 0.3) is 0 Å². The first-order chi connectivity index (χ1) is 12.4. The Morgan fingerprint density at radius 1 is 0.923 bits per heavy atom. The summed E-state index contributed by atoms with van der Waals surface area (Å²) in [7, 11) is -1.60. The summed E-state index contributed by atoms with van der Waals surface area (Å²) in [5, 5.41) is 8.10. The fourth-order valence-corrected chi connectivity index (χ4v) is 5.89. The molecule has 2 N–H and O–H groups in total. The van der Waals surface area contributed by atoms with Crippen LogP contribution < -0.4 is 5.73 Å². The molecule has 0 heterocycles. The Morgan fingerprint density at radius 2 is 1.62 bits per heavy atom. The van der Waals surface area contributed by atoms with Crippen LogP contribution >= 0.6 is 0 Å². The van der Waals surface area contributed by atoms with Crippen LogP contribution in [0.5, 0.6) is 0 Å². The number of hydrogen-bond acceptors (Lipinski definition) is 2. The van der Waals surface area contributed by atoms with Gasteiger partial charge in [-0.3, -0.25) is 0 Å². The maximum Gasteiger partial charge on any atom is 0.184 e. The van der Waals surface area contributed by atoms with Gasteiger partial charge in [-0.1, -0.05) is 42.5 Å². The molecule has 26 heavy (non-hydrogen) atoms. The summed E-state index contributed by atoms with van der Waals surface area (Å²) in [4.78, 5) is 0. The molecule has 4 aromatic carbocycles. The van der Waals surface area contributed by atoms with Crippen LogP contribution in [-0.2, 0) is 10.8 Å². The molecule has 132 valence electrons. The summed E-state index contributed by atoms with van der Waals surface area (Å²) < 4.78 is 6.41. The Morgan fingerprint density at radius 3 is 2.35 bits per heavy atom. The highest BCUT2D eigenvalue weighted by molar-refractivity contribution is 6.69. The minimum atomic E-state index is -1.60. The van der Waals surface area contributed by atoms with Crippen LogP contribution in [0.15, 0.2) is 48.5 Å². The quantitative estimate of drug-likeness (QED) is 0.365. The molecule has 0 radical (unpaired) electrons. The first-order valence-corrected chi connectivity index (χ1v) is 13.0. The van der Waals surface area contributed by atoms with Gasteiger partial charge in [0.15, 0.2) is 8.32 Å². The third-order valence-corrected chi connectivity index (χ3v) is 6.75. The van der Waals surface area contributed by atoms with Crippen molar-refractivity contribution in [3.05, 3.63) is 59.7 Å². The molecule has 1 aliphatic carbocycles. The summed E-state index contributed by atoms with van der Waals surface area (Å²) in [6, 6.07) is 17.9. The van der Waals surface area contributed by atoms with Gasteiger partial charge in [0.05, 0.1) is 12.1 Å². The molecule has 1 aliphatic rings. The average Bonchev–Trinajstić information content (AvgIpc) is 2.61. The highest BCUT2D eigenvalue weighted by atomic mass is 28.4. The van der Waals surface area contributed by atoms with E-state index in [1.54, 1.807) is 0 Å². The molecule has 3 heteroatoms. The van der Waals surface area contributed by atoms with Crippen molar-refractivity contribution in [1.82, 2.24) is 0 Å². The van der Waals surface area contributed by atoms with Gasteiger partial charge in [0.2, 0.25) is 0 Å².